The van der Waals surface area contributed by atoms with E-state index in [-0.39, 0.29) is 12.0 Å². The molecule has 0 saturated heterocycles. The average molecular weight is 353 g/mol. The molecule has 0 aromatic heterocycles. The molecule has 26 heavy (non-hydrogen) atoms. The molecule has 1 aliphatic heterocycles. The molecule has 1 unspecified atom stereocenters. The molecule has 1 aliphatic carbocycles. The van der Waals surface area contributed by atoms with Gasteiger partial charge in [-0.25, -0.2) is 0 Å². The van der Waals surface area contributed by atoms with Gasteiger partial charge in [0.2, 0.25) is 0 Å². The number of hydrogen-bond donors (Lipinski definition) is 2. The van der Waals surface area contributed by atoms with Gasteiger partial charge in [-0.1, -0.05) is 36.4 Å². The minimum absolute atomic E-state index is 0.0990. The molecule has 4 rings (SSSR count). The fourth-order valence-electron chi connectivity index (χ4n) is 3.69. The van der Waals surface area contributed by atoms with Crippen molar-refractivity contribution in [3.63, 3.8) is 0 Å². The first-order valence-corrected chi connectivity index (χ1v) is 9.12. The van der Waals surface area contributed by atoms with E-state index in [1.54, 1.807) is 0 Å². The predicted molar refractivity (Wildman–Crippen MR) is 97.4 cm³/mol. The van der Waals surface area contributed by atoms with Crippen LogP contribution in [0.15, 0.2) is 48.5 Å². The van der Waals surface area contributed by atoms with E-state index in [0.717, 1.165) is 42.9 Å². The molecule has 2 aromatic carbocycles. The Morgan fingerprint density at radius 2 is 1.85 bits per heavy atom. The third-order valence-corrected chi connectivity index (χ3v) is 5.24. The molecule has 0 spiro atoms. The Morgan fingerprint density at radius 1 is 1.08 bits per heavy atom. The van der Waals surface area contributed by atoms with Crippen LogP contribution in [0, 0.1) is 5.92 Å². The number of para-hydroxylation sites is 2. The molecular formula is C21H23NO4. The molecular weight excluding hydrogens is 330 g/mol. The summed E-state index contributed by atoms with van der Waals surface area (Å²) in [5, 5.41) is 12.6. The fourth-order valence-corrected chi connectivity index (χ4v) is 3.69. The van der Waals surface area contributed by atoms with Crippen molar-refractivity contribution in [1.82, 2.24) is 5.32 Å². The highest BCUT2D eigenvalue weighted by Gasteiger charge is 2.29. The van der Waals surface area contributed by atoms with Crippen LogP contribution in [-0.2, 0) is 11.3 Å². The van der Waals surface area contributed by atoms with Gasteiger partial charge in [0.15, 0.2) is 17.6 Å². The molecule has 0 radical (unpaired) electrons. The van der Waals surface area contributed by atoms with Crippen molar-refractivity contribution in [2.45, 2.75) is 38.0 Å². The van der Waals surface area contributed by atoms with E-state index < -0.39 is 5.97 Å². The van der Waals surface area contributed by atoms with Gasteiger partial charge < -0.3 is 19.9 Å². The van der Waals surface area contributed by atoms with Gasteiger partial charge >= 0.3 is 5.97 Å². The molecule has 5 heteroatoms. The standard InChI is InChI=1S/C21H23NO4/c23-21(24)16-9-10-17(11-16)22-12-14-5-7-15(8-6-14)20-13-25-18-3-1-2-4-19(18)26-20/h1-8,16-17,20,22H,9-13H2,(H,23,24)/t16-,17?,20+/m0/s1. The fraction of sp³-hybridized carbons (Fsp3) is 0.381. The Kier molecular flexibility index (Phi) is 4.80. The smallest absolute Gasteiger partial charge is 0.306 e. The van der Waals surface area contributed by atoms with Gasteiger partial charge in [0, 0.05) is 12.6 Å². The first-order valence-electron chi connectivity index (χ1n) is 9.12. The van der Waals surface area contributed by atoms with Crippen LogP contribution in [0.1, 0.15) is 36.5 Å². The number of ether oxygens (including phenoxy) is 2. The molecule has 1 fully saturated rings. The van der Waals surface area contributed by atoms with Crippen molar-refractivity contribution in [1.29, 1.82) is 0 Å². The number of carboxylic acid groups (broad SMARTS) is 1. The van der Waals surface area contributed by atoms with E-state index in [1.807, 2.05) is 24.3 Å². The molecule has 0 amide bonds. The average Bonchev–Trinajstić information content (AvgIpc) is 3.16. The lowest BCUT2D eigenvalue weighted by molar-refractivity contribution is -0.141. The van der Waals surface area contributed by atoms with Crippen molar-refractivity contribution in [3.8, 4) is 11.5 Å². The Hall–Kier alpha value is -2.53. The van der Waals surface area contributed by atoms with E-state index in [9.17, 15) is 4.79 Å². The second-order valence-corrected chi connectivity index (χ2v) is 7.03. The maximum absolute atomic E-state index is 11.0. The highest BCUT2D eigenvalue weighted by Crippen LogP contribution is 2.35. The Bertz CT molecular complexity index is 774. The molecule has 2 aliphatic rings. The van der Waals surface area contributed by atoms with Gasteiger partial charge in [-0.2, -0.15) is 0 Å². The molecule has 0 bridgehead atoms. The molecule has 5 nitrogen and oxygen atoms in total. The summed E-state index contributed by atoms with van der Waals surface area (Å²) < 4.78 is 11.8. The van der Waals surface area contributed by atoms with Gasteiger partial charge in [-0.05, 0) is 42.5 Å². The predicted octanol–water partition coefficient (Wildman–Crippen LogP) is 3.54. The second-order valence-electron chi connectivity index (χ2n) is 7.03. The summed E-state index contributed by atoms with van der Waals surface area (Å²) in [5.74, 6) is 0.709. The van der Waals surface area contributed by atoms with Gasteiger partial charge in [0.05, 0.1) is 5.92 Å². The molecule has 1 saturated carbocycles. The zero-order chi connectivity index (χ0) is 17.9. The monoisotopic (exact) mass is 353 g/mol. The van der Waals surface area contributed by atoms with Gasteiger partial charge in [-0.15, -0.1) is 0 Å². The molecule has 136 valence electrons. The Morgan fingerprint density at radius 3 is 2.58 bits per heavy atom. The van der Waals surface area contributed by atoms with Crippen LogP contribution in [0.5, 0.6) is 11.5 Å². The van der Waals surface area contributed by atoms with E-state index in [4.69, 9.17) is 14.6 Å². The largest absolute Gasteiger partial charge is 0.485 e. The van der Waals surface area contributed by atoms with Crippen molar-refractivity contribution < 1.29 is 19.4 Å². The topological polar surface area (TPSA) is 67.8 Å². The molecule has 3 atom stereocenters. The number of fused-ring (bicyclic) bond motifs is 1. The molecule has 2 N–H and O–H groups in total. The third kappa shape index (κ3) is 3.68. The van der Waals surface area contributed by atoms with Crippen LogP contribution >= 0.6 is 0 Å². The summed E-state index contributed by atoms with van der Waals surface area (Å²) in [7, 11) is 0. The van der Waals surface area contributed by atoms with E-state index in [0.29, 0.717) is 12.6 Å². The van der Waals surface area contributed by atoms with Crippen LogP contribution < -0.4 is 14.8 Å². The van der Waals surface area contributed by atoms with E-state index in [2.05, 4.69) is 29.6 Å². The van der Waals surface area contributed by atoms with Crippen molar-refractivity contribution in [2.75, 3.05) is 6.61 Å². The first kappa shape index (κ1) is 16.9. The highest BCUT2D eigenvalue weighted by atomic mass is 16.6. The van der Waals surface area contributed by atoms with Crippen LogP contribution in [-0.4, -0.2) is 23.7 Å². The maximum Gasteiger partial charge on any atom is 0.306 e. The van der Waals surface area contributed by atoms with Gasteiger partial charge in [0.25, 0.3) is 0 Å². The number of carbonyl (C=O) groups is 1. The van der Waals surface area contributed by atoms with Crippen LogP contribution in [0.2, 0.25) is 0 Å². The highest BCUT2D eigenvalue weighted by molar-refractivity contribution is 5.70. The Balaban J connectivity index is 1.32. The minimum Gasteiger partial charge on any atom is -0.485 e. The van der Waals surface area contributed by atoms with Crippen molar-refractivity contribution in [3.05, 3.63) is 59.7 Å². The lowest BCUT2D eigenvalue weighted by Crippen LogP contribution is -2.26. The lowest BCUT2D eigenvalue weighted by atomic mass is 10.1. The summed E-state index contributed by atoms with van der Waals surface area (Å²) in [6.45, 7) is 1.26. The number of hydrogen-bond acceptors (Lipinski definition) is 4. The van der Waals surface area contributed by atoms with Gasteiger partial charge in [0.1, 0.15) is 6.61 Å². The minimum atomic E-state index is -0.671. The number of carboxylic acids is 1. The summed E-state index contributed by atoms with van der Waals surface area (Å²) in [4.78, 5) is 11.0. The van der Waals surface area contributed by atoms with Crippen LogP contribution in [0.4, 0.5) is 0 Å². The zero-order valence-corrected chi connectivity index (χ0v) is 14.6. The van der Waals surface area contributed by atoms with Crippen LogP contribution in [0.25, 0.3) is 0 Å². The lowest BCUT2D eigenvalue weighted by Gasteiger charge is -2.26. The summed E-state index contributed by atoms with van der Waals surface area (Å²) >= 11 is 0. The molecule has 1 heterocycles. The Labute approximate surface area is 152 Å². The molecule has 2 aromatic rings. The van der Waals surface area contributed by atoms with Crippen molar-refractivity contribution in [2.24, 2.45) is 5.92 Å². The number of rotatable bonds is 5. The summed E-state index contributed by atoms with van der Waals surface area (Å²) in [5.41, 5.74) is 2.28. The summed E-state index contributed by atoms with van der Waals surface area (Å²) in [6.07, 6.45) is 2.33. The third-order valence-electron chi connectivity index (χ3n) is 5.24. The number of benzene rings is 2. The zero-order valence-electron chi connectivity index (χ0n) is 14.6. The van der Waals surface area contributed by atoms with Gasteiger partial charge in [-0.3, -0.25) is 4.79 Å². The normalized spacial score (nSPS) is 24.4. The second kappa shape index (κ2) is 7.38. The van der Waals surface area contributed by atoms with Crippen molar-refractivity contribution >= 4 is 5.97 Å². The maximum atomic E-state index is 11.0. The number of nitrogens with one attached hydrogen (secondary N) is 1. The van der Waals surface area contributed by atoms with E-state index >= 15 is 0 Å². The first-order chi connectivity index (χ1) is 12.7. The quantitative estimate of drug-likeness (QED) is 0.860. The number of aliphatic carboxylic acids is 1. The van der Waals surface area contributed by atoms with E-state index in [1.165, 1.54) is 5.56 Å². The SMILES string of the molecule is O=C(O)[C@H]1CCC(NCc2ccc([C@H]3COc4ccccc4O3)cc2)C1. The summed E-state index contributed by atoms with van der Waals surface area (Å²) in [6, 6.07) is 16.4. The van der Waals surface area contributed by atoms with Crippen LogP contribution in [0.3, 0.4) is 0 Å².